The van der Waals surface area contributed by atoms with Gasteiger partial charge in [-0.05, 0) is 36.6 Å². The molecular weight excluding hydrogens is 474 g/mol. The maximum absolute atomic E-state index is 13.5. The summed E-state index contributed by atoms with van der Waals surface area (Å²) in [7, 11) is 0. The van der Waals surface area contributed by atoms with Crippen molar-refractivity contribution >= 4 is 17.5 Å². The summed E-state index contributed by atoms with van der Waals surface area (Å²) in [6, 6.07) is 25.3. The zero-order chi connectivity index (χ0) is 24.5. The van der Waals surface area contributed by atoms with Crippen LogP contribution >= 0.6 is 11.6 Å². The number of fused-ring (bicyclic) bond motifs is 1. The van der Waals surface area contributed by atoms with E-state index in [-0.39, 0.29) is 18.1 Å². The second-order valence-electron chi connectivity index (χ2n) is 9.17. The molecule has 4 aromatic rings. The summed E-state index contributed by atoms with van der Waals surface area (Å²) in [5.41, 5.74) is 5.18. The first kappa shape index (κ1) is 22.8. The van der Waals surface area contributed by atoms with Gasteiger partial charge in [0.25, 0.3) is 5.91 Å². The Morgan fingerprint density at radius 2 is 1.81 bits per heavy atom. The second kappa shape index (κ2) is 9.80. The summed E-state index contributed by atoms with van der Waals surface area (Å²) in [6.45, 7) is 1.68. The number of hydrogen-bond acceptors (Lipinski definition) is 4. The number of ether oxygens (including phenoxy) is 2. The molecule has 3 aromatic carbocycles. The Kier molecular flexibility index (Phi) is 6.21. The maximum Gasteiger partial charge on any atom is 0.273 e. The number of amides is 1. The number of halogens is 1. The van der Waals surface area contributed by atoms with Crippen molar-refractivity contribution in [2.45, 2.75) is 31.6 Å². The van der Waals surface area contributed by atoms with Crippen LogP contribution in [0.1, 0.15) is 46.1 Å². The lowest BCUT2D eigenvalue weighted by Crippen LogP contribution is -2.36. The Labute approximate surface area is 214 Å². The van der Waals surface area contributed by atoms with Crippen LogP contribution in [0.3, 0.4) is 0 Å². The molecule has 3 heterocycles. The number of nitrogens with one attached hydrogen (secondary N) is 1. The molecule has 2 unspecified atom stereocenters. The molecular formula is C29H26ClN3O3. The fourth-order valence-corrected chi connectivity index (χ4v) is 5.27. The third-order valence-corrected chi connectivity index (χ3v) is 7.25. The minimum absolute atomic E-state index is 0.0424. The number of carbonyl (C=O) groups excluding carboxylic acids is 1. The summed E-state index contributed by atoms with van der Waals surface area (Å²) in [5, 5.41) is 8.26. The van der Waals surface area contributed by atoms with Crippen molar-refractivity contribution in [2.24, 2.45) is 0 Å². The smallest absolute Gasteiger partial charge is 0.273 e. The monoisotopic (exact) mass is 499 g/mol. The van der Waals surface area contributed by atoms with Crippen LogP contribution in [0.15, 0.2) is 78.9 Å². The third-order valence-electron chi connectivity index (χ3n) is 6.88. The van der Waals surface area contributed by atoms with Crippen molar-refractivity contribution in [3.8, 4) is 17.0 Å². The van der Waals surface area contributed by atoms with E-state index in [0.717, 1.165) is 53.1 Å². The molecule has 2 atom stereocenters. The molecule has 7 heteroatoms. The Morgan fingerprint density at radius 3 is 2.56 bits per heavy atom. The number of hydrogen-bond donors (Lipinski definition) is 1. The first-order chi connectivity index (χ1) is 17.7. The van der Waals surface area contributed by atoms with Gasteiger partial charge in [-0.3, -0.25) is 9.89 Å². The van der Waals surface area contributed by atoms with Gasteiger partial charge in [0, 0.05) is 34.9 Å². The number of nitrogens with zero attached hydrogens (tertiary/aromatic N) is 2. The van der Waals surface area contributed by atoms with Crippen molar-refractivity contribution < 1.29 is 14.3 Å². The van der Waals surface area contributed by atoms with Crippen molar-refractivity contribution in [1.82, 2.24) is 15.1 Å². The van der Waals surface area contributed by atoms with E-state index < -0.39 is 0 Å². The Balaban J connectivity index is 1.32. The number of H-pyrrole nitrogens is 1. The maximum atomic E-state index is 13.5. The lowest BCUT2D eigenvalue weighted by atomic mass is 9.96. The molecule has 0 saturated carbocycles. The number of aromatic amines is 1. The lowest BCUT2D eigenvalue weighted by Gasteiger charge is -2.28. The van der Waals surface area contributed by atoms with Crippen LogP contribution in [-0.2, 0) is 11.3 Å². The molecule has 0 spiro atoms. The van der Waals surface area contributed by atoms with E-state index in [1.54, 1.807) is 0 Å². The summed E-state index contributed by atoms with van der Waals surface area (Å²) < 4.78 is 11.9. The van der Waals surface area contributed by atoms with Gasteiger partial charge in [-0.1, -0.05) is 72.3 Å². The van der Waals surface area contributed by atoms with Gasteiger partial charge in [-0.25, -0.2) is 0 Å². The van der Waals surface area contributed by atoms with E-state index in [4.69, 9.17) is 21.1 Å². The summed E-state index contributed by atoms with van der Waals surface area (Å²) in [5.74, 6) is 0.698. The van der Waals surface area contributed by atoms with E-state index in [9.17, 15) is 4.79 Å². The zero-order valence-corrected chi connectivity index (χ0v) is 20.4. The summed E-state index contributed by atoms with van der Waals surface area (Å²) in [6.07, 6.45) is 2.03. The minimum atomic E-state index is -0.261. The van der Waals surface area contributed by atoms with Gasteiger partial charge in [0.15, 0.2) is 0 Å². The number of aromatic nitrogens is 2. The second-order valence-corrected chi connectivity index (χ2v) is 9.58. The van der Waals surface area contributed by atoms with Crippen molar-refractivity contribution in [3.63, 3.8) is 0 Å². The van der Waals surface area contributed by atoms with Gasteiger partial charge in [-0.15, -0.1) is 0 Å². The molecule has 1 N–H and O–H groups in total. The normalized spacial score (nSPS) is 19.0. The highest BCUT2D eigenvalue weighted by molar-refractivity contribution is 6.31. The van der Waals surface area contributed by atoms with Gasteiger partial charge in [-0.2, -0.15) is 5.10 Å². The van der Waals surface area contributed by atoms with Gasteiger partial charge < -0.3 is 14.4 Å². The fraction of sp³-hybridized carbons (Fsp3) is 0.241. The standard InChI is InChI=1S/C29H26ClN3O3/c30-24-11-5-4-9-21(24)18-36-22-14-12-20(13-15-22)28-25-26(19-7-2-1-3-8-19)31-32-27(25)29(34)33(28)17-23-10-6-16-35-23/h1-5,7-9,11-15,23,28H,6,10,16-18H2,(H,31,32). The van der Waals surface area contributed by atoms with E-state index in [1.807, 2.05) is 83.8 Å². The highest BCUT2D eigenvalue weighted by Crippen LogP contribution is 2.43. The first-order valence-electron chi connectivity index (χ1n) is 12.2. The molecule has 6 rings (SSSR count). The van der Waals surface area contributed by atoms with Crippen molar-refractivity contribution in [1.29, 1.82) is 0 Å². The van der Waals surface area contributed by atoms with E-state index >= 15 is 0 Å². The molecule has 1 saturated heterocycles. The number of benzene rings is 3. The Morgan fingerprint density at radius 1 is 1.03 bits per heavy atom. The van der Waals surface area contributed by atoms with E-state index in [2.05, 4.69) is 10.2 Å². The van der Waals surface area contributed by atoms with Crippen LogP contribution in [0.2, 0.25) is 5.02 Å². The van der Waals surface area contributed by atoms with Gasteiger partial charge in [0.2, 0.25) is 0 Å². The predicted molar refractivity (Wildman–Crippen MR) is 138 cm³/mol. The highest BCUT2D eigenvalue weighted by Gasteiger charge is 2.43. The van der Waals surface area contributed by atoms with Crippen LogP contribution < -0.4 is 4.74 Å². The zero-order valence-electron chi connectivity index (χ0n) is 19.7. The SMILES string of the molecule is O=C1c2[nH]nc(-c3ccccc3)c2C(c2ccc(OCc3ccccc3Cl)cc2)N1CC1CCCO1. The van der Waals surface area contributed by atoms with Crippen LogP contribution in [0, 0.1) is 0 Å². The predicted octanol–water partition coefficient (Wildman–Crippen LogP) is 6.03. The fourth-order valence-electron chi connectivity index (χ4n) is 5.08. The number of rotatable bonds is 7. The first-order valence-corrected chi connectivity index (χ1v) is 12.6. The minimum Gasteiger partial charge on any atom is -0.489 e. The average Bonchev–Trinajstić information content (AvgIpc) is 3.64. The largest absolute Gasteiger partial charge is 0.489 e. The molecule has 2 aliphatic heterocycles. The van der Waals surface area contributed by atoms with Crippen LogP contribution in [-0.4, -0.2) is 40.3 Å². The summed E-state index contributed by atoms with van der Waals surface area (Å²) >= 11 is 6.27. The highest BCUT2D eigenvalue weighted by atomic mass is 35.5. The van der Waals surface area contributed by atoms with Gasteiger partial charge in [0.1, 0.15) is 18.1 Å². The molecule has 0 bridgehead atoms. The quantitative estimate of drug-likeness (QED) is 0.337. The summed E-state index contributed by atoms with van der Waals surface area (Å²) in [4.78, 5) is 15.5. The van der Waals surface area contributed by atoms with Crippen LogP contribution in [0.25, 0.3) is 11.3 Å². The molecule has 6 nitrogen and oxygen atoms in total. The Bertz CT molecular complexity index is 1360. The average molecular weight is 500 g/mol. The van der Waals surface area contributed by atoms with Crippen LogP contribution in [0.5, 0.6) is 5.75 Å². The van der Waals surface area contributed by atoms with E-state index in [1.165, 1.54) is 0 Å². The topological polar surface area (TPSA) is 67.5 Å². The molecule has 182 valence electrons. The Hall–Kier alpha value is -3.61. The van der Waals surface area contributed by atoms with Gasteiger partial charge in [0.05, 0.1) is 17.8 Å². The number of carbonyl (C=O) groups is 1. The van der Waals surface area contributed by atoms with Crippen molar-refractivity contribution in [2.75, 3.05) is 13.2 Å². The molecule has 1 aromatic heterocycles. The lowest BCUT2D eigenvalue weighted by molar-refractivity contribution is 0.0495. The molecule has 0 aliphatic carbocycles. The third kappa shape index (κ3) is 4.27. The molecule has 2 aliphatic rings. The van der Waals surface area contributed by atoms with Crippen LogP contribution in [0.4, 0.5) is 0 Å². The molecule has 1 fully saturated rings. The molecule has 0 radical (unpaired) electrons. The van der Waals surface area contributed by atoms with Crippen molar-refractivity contribution in [3.05, 3.63) is 106 Å². The molecule has 36 heavy (non-hydrogen) atoms. The molecule has 1 amide bonds. The van der Waals surface area contributed by atoms with Gasteiger partial charge >= 0.3 is 0 Å². The van der Waals surface area contributed by atoms with E-state index in [0.29, 0.717) is 23.9 Å².